The zero-order chi connectivity index (χ0) is 31.0. The monoisotopic (exact) mass is 591 g/mol. The van der Waals surface area contributed by atoms with Crippen LogP contribution in [-0.4, -0.2) is 0 Å². The number of rotatable bonds is 10. The van der Waals surface area contributed by atoms with Gasteiger partial charge in [0.15, 0.2) is 0 Å². The summed E-state index contributed by atoms with van der Waals surface area (Å²) in [5.74, 6) is 0.0421. The van der Waals surface area contributed by atoms with Crippen LogP contribution in [0.2, 0.25) is 0 Å². The number of nitrogens with zero attached hydrogens (tertiary/aromatic N) is 1. The molecule has 1 heteroatoms. The lowest BCUT2D eigenvalue weighted by Gasteiger charge is -2.43. The van der Waals surface area contributed by atoms with Gasteiger partial charge in [0.25, 0.3) is 0 Å². The van der Waals surface area contributed by atoms with Gasteiger partial charge in [-0.1, -0.05) is 200 Å². The summed E-state index contributed by atoms with van der Waals surface area (Å²) in [6.45, 7) is 0. The fourth-order valence-electron chi connectivity index (χ4n) is 6.81. The molecule has 0 N–H and O–H groups in total. The summed E-state index contributed by atoms with van der Waals surface area (Å²) in [6.07, 6.45) is 0. The minimum atomic E-state index is -0.0684. The maximum atomic E-state index is 2.67. The highest BCUT2D eigenvalue weighted by atomic mass is 15.2. The summed E-state index contributed by atoms with van der Waals surface area (Å²) in [5.41, 5.74) is 10.0. The smallest absolute Gasteiger partial charge is 0.0805 e. The van der Waals surface area contributed by atoms with Crippen LogP contribution in [0.5, 0.6) is 0 Å². The van der Waals surface area contributed by atoms with Crippen molar-refractivity contribution in [3.8, 4) is 0 Å². The number of anilines is 1. The van der Waals surface area contributed by atoms with Crippen LogP contribution in [0.4, 0.5) is 5.69 Å². The first-order valence-corrected chi connectivity index (χ1v) is 16.1. The predicted octanol–water partition coefficient (Wildman–Crippen LogP) is 11.3. The summed E-state index contributed by atoms with van der Waals surface area (Å²) >= 11 is 0. The number of hydrogen-bond acceptors (Lipinski definition) is 1. The molecule has 0 unspecified atom stereocenters. The number of para-hydroxylation sites is 1. The fraction of sp³-hybridized carbons (Fsp3) is 0.0667. The molecule has 0 radical (unpaired) electrons. The third-order valence-corrected chi connectivity index (χ3v) is 8.81. The average Bonchev–Trinajstić information content (AvgIpc) is 3.14. The van der Waals surface area contributed by atoms with Gasteiger partial charge in [0.2, 0.25) is 0 Å². The van der Waals surface area contributed by atoms with E-state index in [0.717, 1.165) is 0 Å². The molecule has 0 bridgehead atoms. The molecule has 0 heterocycles. The molecule has 0 spiro atoms. The highest BCUT2D eigenvalue weighted by Crippen LogP contribution is 2.47. The Bertz CT molecular complexity index is 1720. The van der Waals surface area contributed by atoms with E-state index in [4.69, 9.17) is 0 Å². The Morgan fingerprint density at radius 2 is 0.522 bits per heavy atom. The zero-order valence-electron chi connectivity index (χ0n) is 25.8. The first-order valence-electron chi connectivity index (χ1n) is 16.1. The standard InChI is InChI=1S/C45H37N/c1-7-21-35(22-8-1)43(36-23-9-2-10-24-36)41-33-19-20-34-42(41)46(44(37-25-11-3-12-26-37)38-27-13-4-14-28-38)45(39-29-15-5-16-30-39)40-31-17-6-18-32-40/h1-34,43-45H. The van der Waals surface area contributed by atoms with Crippen LogP contribution in [0.1, 0.15) is 56.9 Å². The second-order valence-corrected chi connectivity index (χ2v) is 11.7. The van der Waals surface area contributed by atoms with Gasteiger partial charge in [-0.25, -0.2) is 0 Å². The molecule has 1 nitrogen and oxygen atoms in total. The third-order valence-electron chi connectivity index (χ3n) is 8.81. The molecule has 46 heavy (non-hydrogen) atoms. The lowest BCUT2D eigenvalue weighted by Crippen LogP contribution is -2.35. The van der Waals surface area contributed by atoms with Crippen LogP contribution >= 0.6 is 0 Å². The van der Waals surface area contributed by atoms with Gasteiger partial charge in [-0.05, 0) is 45.0 Å². The second kappa shape index (κ2) is 14.0. The maximum absolute atomic E-state index is 2.67. The van der Waals surface area contributed by atoms with Gasteiger partial charge in [-0.2, -0.15) is 0 Å². The van der Waals surface area contributed by atoms with Crippen LogP contribution in [0.3, 0.4) is 0 Å². The van der Waals surface area contributed by atoms with Crippen molar-refractivity contribution in [1.82, 2.24) is 0 Å². The molecule has 0 aliphatic rings. The summed E-state index contributed by atoms with van der Waals surface area (Å²) in [6, 6.07) is 74.6. The molecule has 0 fully saturated rings. The first-order chi connectivity index (χ1) is 22.9. The number of hydrogen-bond donors (Lipinski definition) is 0. The van der Waals surface area contributed by atoms with E-state index in [1.165, 1.54) is 44.6 Å². The van der Waals surface area contributed by atoms with Crippen molar-refractivity contribution in [2.24, 2.45) is 0 Å². The Morgan fingerprint density at radius 3 is 0.848 bits per heavy atom. The van der Waals surface area contributed by atoms with Crippen molar-refractivity contribution < 1.29 is 0 Å². The Labute approximate surface area is 273 Å². The second-order valence-electron chi connectivity index (χ2n) is 11.7. The van der Waals surface area contributed by atoms with Gasteiger partial charge < -0.3 is 4.90 Å². The Morgan fingerprint density at radius 1 is 0.261 bits per heavy atom. The van der Waals surface area contributed by atoms with Crippen LogP contribution in [0, 0.1) is 0 Å². The van der Waals surface area contributed by atoms with Crippen molar-refractivity contribution in [2.45, 2.75) is 18.0 Å². The third kappa shape index (κ3) is 6.14. The van der Waals surface area contributed by atoms with Crippen LogP contribution in [0.25, 0.3) is 0 Å². The molecular formula is C45H37N. The summed E-state index contributed by atoms with van der Waals surface area (Å²) < 4.78 is 0. The minimum absolute atomic E-state index is 0.0421. The Kier molecular flexibility index (Phi) is 8.83. The molecule has 7 aromatic rings. The van der Waals surface area contributed by atoms with E-state index in [1.807, 2.05) is 0 Å². The molecule has 0 aromatic heterocycles. The number of benzene rings is 7. The van der Waals surface area contributed by atoms with Crippen molar-refractivity contribution >= 4 is 5.69 Å². The lowest BCUT2D eigenvalue weighted by atomic mass is 9.82. The van der Waals surface area contributed by atoms with E-state index in [9.17, 15) is 0 Å². The van der Waals surface area contributed by atoms with Gasteiger partial charge in [0.1, 0.15) is 0 Å². The van der Waals surface area contributed by atoms with E-state index < -0.39 is 0 Å². The molecule has 0 saturated carbocycles. The molecule has 222 valence electrons. The summed E-state index contributed by atoms with van der Waals surface area (Å²) in [4.78, 5) is 2.67. The summed E-state index contributed by atoms with van der Waals surface area (Å²) in [5, 5.41) is 0. The van der Waals surface area contributed by atoms with Crippen molar-refractivity contribution in [1.29, 1.82) is 0 Å². The normalized spacial score (nSPS) is 11.2. The van der Waals surface area contributed by atoms with Crippen LogP contribution in [0.15, 0.2) is 206 Å². The molecule has 0 aliphatic heterocycles. The van der Waals surface area contributed by atoms with E-state index in [-0.39, 0.29) is 18.0 Å². The van der Waals surface area contributed by atoms with Crippen molar-refractivity contribution in [3.05, 3.63) is 245 Å². The quantitative estimate of drug-likeness (QED) is 0.143. The minimum Gasteiger partial charge on any atom is -0.349 e. The average molecular weight is 592 g/mol. The first kappa shape index (κ1) is 29.1. The van der Waals surface area contributed by atoms with Gasteiger partial charge in [0.05, 0.1) is 12.1 Å². The molecule has 7 aromatic carbocycles. The van der Waals surface area contributed by atoms with E-state index in [1.54, 1.807) is 0 Å². The van der Waals surface area contributed by atoms with Crippen molar-refractivity contribution in [2.75, 3.05) is 4.90 Å². The molecule has 0 atom stereocenters. The van der Waals surface area contributed by atoms with E-state index in [2.05, 4.69) is 211 Å². The zero-order valence-corrected chi connectivity index (χ0v) is 25.8. The maximum Gasteiger partial charge on any atom is 0.0805 e. The molecular weight excluding hydrogens is 555 g/mol. The largest absolute Gasteiger partial charge is 0.349 e. The van der Waals surface area contributed by atoms with Gasteiger partial charge in [0, 0.05) is 11.6 Å². The highest BCUT2D eigenvalue weighted by Gasteiger charge is 2.34. The van der Waals surface area contributed by atoms with Gasteiger partial charge in [-0.3, -0.25) is 0 Å². The van der Waals surface area contributed by atoms with E-state index in [0.29, 0.717) is 0 Å². The van der Waals surface area contributed by atoms with E-state index >= 15 is 0 Å². The topological polar surface area (TPSA) is 3.24 Å². The van der Waals surface area contributed by atoms with Crippen molar-refractivity contribution in [3.63, 3.8) is 0 Å². The molecule has 0 saturated heterocycles. The highest BCUT2D eigenvalue weighted by molar-refractivity contribution is 5.65. The summed E-state index contributed by atoms with van der Waals surface area (Å²) in [7, 11) is 0. The Balaban J connectivity index is 1.56. The molecule has 0 amide bonds. The fourth-order valence-corrected chi connectivity index (χ4v) is 6.81. The van der Waals surface area contributed by atoms with Crippen LogP contribution in [-0.2, 0) is 0 Å². The van der Waals surface area contributed by atoms with Gasteiger partial charge in [-0.15, -0.1) is 0 Å². The SMILES string of the molecule is c1ccc(C(c2ccccc2)c2ccccc2N(C(c2ccccc2)c2ccccc2)C(c2ccccc2)c2ccccc2)cc1. The molecule has 7 rings (SSSR count). The molecule has 0 aliphatic carbocycles. The van der Waals surface area contributed by atoms with Crippen LogP contribution < -0.4 is 4.90 Å². The predicted molar refractivity (Wildman–Crippen MR) is 192 cm³/mol. The Hall–Kier alpha value is -5.66. The van der Waals surface area contributed by atoms with Gasteiger partial charge >= 0.3 is 0 Å². The lowest BCUT2D eigenvalue weighted by molar-refractivity contribution is 0.631.